The van der Waals surface area contributed by atoms with Crippen LogP contribution in [0, 0.1) is 11.3 Å². The second-order valence-electron chi connectivity index (χ2n) is 3.89. The van der Waals surface area contributed by atoms with Crippen molar-refractivity contribution in [2.24, 2.45) is 0 Å². The molecule has 0 saturated heterocycles. The Kier molecular flexibility index (Phi) is 4.64. The van der Waals surface area contributed by atoms with Crippen molar-refractivity contribution in [3.05, 3.63) is 60.7 Å². The number of rotatable bonds is 4. The third-order valence-corrected chi connectivity index (χ3v) is 8.28. The zero-order valence-electron chi connectivity index (χ0n) is 10.0. The molecule has 0 heterocycles. The van der Waals surface area contributed by atoms with E-state index in [0.29, 0.717) is 0 Å². The fourth-order valence-corrected chi connectivity index (χ4v) is 7.44. The molecule has 0 amide bonds. The predicted octanol–water partition coefficient (Wildman–Crippen LogP) is 1.71. The fourth-order valence-electron chi connectivity index (χ4n) is 1.49. The van der Waals surface area contributed by atoms with Gasteiger partial charge in [-0.1, -0.05) is 0 Å². The quantitative estimate of drug-likeness (QED) is 0.757. The predicted molar refractivity (Wildman–Crippen MR) is 77.6 cm³/mol. The molecule has 2 aromatic carbocycles. The van der Waals surface area contributed by atoms with Crippen LogP contribution in [0.5, 0.6) is 0 Å². The topological polar surface area (TPSA) is 23.8 Å². The Balaban J connectivity index is 2.14. The second kappa shape index (κ2) is 6.23. The van der Waals surface area contributed by atoms with Crippen molar-refractivity contribution in [1.29, 1.82) is 5.26 Å². The summed E-state index contributed by atoms with van der Waals surface area (Å²) in [6.07, 6.45) is 0. The van der Waals surface area contributed by atoms with Crippen molar-refractivity contribution in [1.82, 2.24) is 0 Å². The molecule has 0 aliphatic rings. The zero-order chi connectivity index (χ0) is 12.8. The fraction of sp³-hybridized carbons (Fsp3) is 0.133. The van der Waals surface area contributed by atoms with E-state index in [4.69, 9.17) is 0 Å². The van der Waals surface area contributed by atoms with Crippen LogP contribution in [-0.4, -0.2) is 29.9 Å². The van der Waals surface area contributed by atoms with Gasteiger partial charge in [0.15, 0.2) is 0 Å². The van der Waals surface area contributed by atoms with Crippen LogP contribution in [0.4, 0.5) is 0 Å². The Hall–Kier alpha value is -1.03. The molecule has 0 fully saturated rings. The standard InChI is InChI=1S/C15H13NSe2/c1-15(12-16,17-13-8-4-2-5-9-13)18-14-10-6-3-7-11-14/h2-11H,1H3. The van der Waals surface area contributed by atoms with E-state index in [1.807, 2.05) is 36.4 Å². The van der Waals surface area contributed by atoms with Crippen LogP contribution >= 0.6 is 0 Å². The van der Waals surface area contributed by atoms with Crippen LogP contribution in [0.2, 0.25) is 3.21 Å². The van der Waals surface area contributed by atoms with Gasteiger partial charge in [-0.3, -0.25) is 0 Å². The van der Waals surface area contributed by atoms with Crippen LogP contribution in [-0.2, 0) is 0 Å². The third-order valence-electron chi connectivity index (χ3n) is 2.31. The molecule has 0 radical (unpaired) electrons. The molecule has 2 rings (SSSR count). The molecular weight excluding hydrogens is 352 g/mol. The molecule has 90 valence electrons. The molecule has 0 aliphatic carbocycles. The summed E-state index contributed by atoms with van der Waals surface area (Å²) in [6.45, 7) is 2.09. The van der Waals surface area contributed by atoms with Gasteiger partial charge in [0.2, 0.25) is 0 Å². The van der Waals surface area contributed by atoms with Crippen molar-refractivity contribution in [3.8, 4) is 6.07 Å². The Bertz CT molecular complexity index is 490. The van der Waals surface area contributed by atoms with E-state index < -0.39 is 0 Å². The molecule has 3 heteroatoms. The molecule has 0 saturated carbocycles. The maximum atomic E-state index is 9.49. The summed E-state index contributed by atoms with van der Waals surface area (Å²) in [5.74, 6) is 0. The first-order valence-corrected chi connectivity index (χ1v) is 9.04. The maximum absolute atomic E-state index is 9.49. The molecular formula is C15H13NSe2. The Morgan fingerprint density at radius 3 is 1.56 bits per heavy atom. The van der Waals surface area contributed by atoms with Gasteiger partial charge < -0.3 is 0 Å². The molecule has 0 unspecified atom stereocenters. The molecule has 0 N–H and O–H groups in total. The molecule has 0 atom stereocenters. The van der Waals surface area contributed by atoms with Gasteiger partial charge in [-0.2, -0.15) is 0 Å². The number of benzene rings is 2. The van der Waals surface area contributed by atoms with Crippen LogP contribution < -0.4 is 8.92 Å². The number of hydrogen-bond donors (Lipinski definition) is 0. The normalized spacial score (nSPS) is 10.9. The van der Waals surface area contributed by atoms with Crippen LogP contribution in [0.15, 0.2) is 60.7 Å². The van der Waals surface area contributed by atoms with E-state index in [1.165, 1.54) is 8.92 Å². The van der Waals surface area contributed by atoms with Crippen LogP contribution in [0.1, 0.15) is 6.92 Å². The van der Waals surface area contributed by atoms with E-state index in [9.17, 15) is 5.26 Å². The Morgan fingerprint density at radius 1 is 0.833 bits per heavy atom. The molecule has 0 spiro atoms. The molecule has 0 bridgehead atoms. The summed E-state index contributed by atoms with van der Waals surface area (Å²) in [4.78, 5) is 0. The first-order chi connectivity index (χ1) is 8.72. The Morgan fingerprint density at radius 2 is 1.22 bits per heavy atom. The van der Waals surface area contributed by atoms with Gasteiger partial charge in [0.25, 0.3) is 0 Å². The molecule has 0 aliphatic heterocycles. The van der Waals surface area contributed by atoms with Crippen molar-refractivity contribution >= 4 is 38.8 Å². The van der Waals surface area contributed by atoms with Gasteiger partial charge in [0.05, 0.1) is 0 Å². The minimum absolute atomic E-state index is 0.193. The summed E-state index contributed by atoms with van der Waals surface area (Å²) in [6, 6.07) is 23.2. The van der Waals surface area contributed by atoms with E-state index in [0.717, 1.165) is 0 Å². The van der Waals surface area contributed by atoms with Gasteiger partial charge in [-0.15, -0.1) is 0 Å². The number of hydrogen-bond acceptors (Lipinski definition) is 1. The van der Waals surface area contributed by atoms with Gasteiger partial charge in [0, 0.05) is 0 Å². The van der Waals surface area contributed by atoms with Gasteiger partial charge in [-0.25, -0.2) is 0 Å². The number of nitrogens with zero attached hydrogens (tertiary/aromatic N) is 1. The molecule has 0 aromatic heterocycles. The third kappa shape index (κ3) is 3.73. The average molecular weight is 365 g/mol. The van der Waals surface area contributed by atoms with E-state index in [2.05, 4.69) is 37.3 Å². The first-order valence-electron chi connectivity index (χ1n) is 5.61. The van der Waals surface area contributed by atoms with E-state index in [-0.39, 0.29) is 33.1 Å². The minimum atomic E-state index is -0.220. The summed E-state index contributed by atoms with van der Waals surface area (Å²) >= 11 is 0.387. The van der Waals surface area contributed by atoms with Gasteiger partial charge in [-0.05, 0) is 0 Å². The summed E-state index contributed by atoms with van der Waals surface area (Å²) in [7, 11) is 0. The van der Waals surface area contributed by atoms with Crippen LogP contribution in [0.3, 0.4) is 0 Å². The van der Waals surface area contributed by atoms with Crippen molar-refractivity contribution in [2.75, 3.05) is 0 Å². The molecule has 2 aromatic rings. The monoisotopic (exact) mass is 367 g/mol. The SMILES string of the molecule is CC(C#N)([Se]c1ccccc1)[Se]c1ccccc1. The van der Waals surface area contributed by atoms with Crippen LogP contribution in [0.25, 0.3) is 0 Å². The second-order valence-corrected chi connectivity index (χ2v) is 11.5. The van der Waals surface area contributed by atoms with Crippen molar-refractivity contribution in [3.63, 3.8) is 0 Å². The van der Waals surface area contributed by atoms with Gasteiger partial charge >= 0.3 is 121 Å². The summed E-state index contributed by atoms with van der Waals surface area (Å²) in [5, 5.41) is 9.49. The van der Waals surface area contributed by atoms with E-state index in [1.54, 1.807) is 0 Å². The number of nitriles is 1. The van der Waals surface area contributed by atoms with Crippen molar-refractivity contribution < 1.29 is 0 Å². The molecule has 18 heavy (non-hydrogen) atoms. The average Bonchev–Trinajstić information content (AvgIpc) is 2.41. The first kappa shape index (κ1) is 13.4. The Labute approximate surface area is 121 Å². The molecule has 1 nitrogen and oxygen atoms in total. The van der Waals surface area contributed by atoms with E-state index >= 15 is 0 Å². The van der Waals surface area contributed by atoms with Crippen molar-refractivity contribution in [2.45, 2.75) is 10.1 Å². The zero-order valence-corrected chi connectivity index (χ0v) is 13.5. The van der Waals surface area contributed by atoms with Gasteiger partial charge in [0.1, 0.15) is 0 Å². The summed E-state index contributed by atoms with van der Waals surface area (Å²) < 4.78 is 2.38. The summed E-state index contributed by atoms with van der Waals surface area (Å²) in [5.41, 5.74) is 0.